The summed E-state index contributed by atoms with van der Waals surface area (Å²) < 4.78 is 10.6. The molecule has 1 aromatic carbocycles. The maximum atomic E-state index is 12.6. The SMILES string of the molecule is C=Cc1ccc(OC)c(CC(=O)N2CCC(NC(=O)OC(C)(C)C)C2)c1. The van der Waals surface area contributed by atoms with Crippen LogP contribution in [0.4, 0.5) is 4.79 Å². The Morgan fingerprint density at radius 2 is 2.12 bits per heavy atom. The number of carbonyl (C=O) groups is 2. The molecule has 0 saturated carbocycles. The summed E-state index contributed by atoms with van der Waals surface area (Å²) >= 11 is 0. The predicted octanol–water partition coefficient (Wildman–Crippen LogP) is 3.01. The van der Waals surface area contributed by atoms with Crippen molar-refractivity contribution in [2.45, 2.75) is 45.3 Å². The van der Waals surface area contributed by atoms with E-state index in [0.29, 0.717) is 18.8 Å². The third-order valence-electron chi connectivity index (χ3n) is 4.14. The smallest absolute Gasteiger partial charge is 0.407 e. The minimum absolute atomic E-state index is 0.0120. The number of alkyl carbamates (subject to hydrolysis) is 1. The highest BCUT2D eigenvalue weighted by Crippen LogP contribution is 2.22. The van der Waals surface area contributed by atoms with Crippen molar-refractivity contribution in [1.29, 1.82) is 0 Å². The summed E-state index contributed by atoms with van der Waals surface area (Å²) in [6.45, 7) is 10.3. The zero-order valence-electron chi connectivity index (χ0n) is 16.0. The van der Waals surface area contributed by atoms with Gasteiger partial charge in [0.05, 0.1) is 19.6 Å². The van der Waals surface area contributed by atoms with Crippen LogP contribution in [0.25, 0.3) is 6.08 Å². The second kappa shape index (κ2) is 8.25. The summed E-state index contributed by atoms with van der Waals surface area (Å²) in [5.41, 5.74) is 1.24. The number of likely N-dealkylation sites (tertiary alicyclic amines) is 1. The van der Waals surface area contributed by atoms with Crippen LogP contribution in [0, 0.1) is 0 Å². The van der Waals surface area contributed by atoms with Gasteiger partial charge in [0.1, 0.15) is 11.4 Å². The first-order valence-electron chi connectivity index (χ1n) is 8.78. The molecule has 1 aliphatic rings. The van der Waals surface area contributed by atoms with Crippen LogP contribution in [-0.4, -0.2) is 48.7 Å². The molecular weight excluding hydrogens is 332 g/mol. The van der Waals surface area contributed by atoms with E-state index in [-0.39, 0.29) is 18.4 Å². The van der Waals surface area contributed by atoms with Crippen molar-refractivity contribution in [3.05, 3.63) is 35.9 Å². The fraction of sp³-hybridized carbons (Fsp3) is 0.500. The summed E-state index contributed by atoms with van der Waals surface area (Å²) in [6, 6.07) is 5.57. The van der Waals surface area contributed by atoms with E-state index >= 15 is 0 Å². The van der Waals surface area contributed by atoms with E-state index in [1.54, 1.807) is 18.1 Å². The molecule has 0 aliphatic carbocycles. The van der Waals surface area contributed by atoms with Gasteiger partial charge in [-0.25, -0.2) is 4.79 Å². The summed E-state index contributed by atoms with van der Waals surface area (Å²) in [4.78, 5) is 26.3. The lowest BCUT2D eigenvalue weighted by Crippen LogP contribution is -2.41. The van der Waals surface area contributed by atoms with Crippen LogP contribution in [0.3, 0.4) is 0 Å². The molecule has 6 nitrogen and oxygen atoms in total. The molecule has 6 heteroatoms. The van der Waals surface area contributed by atoms with Crippen molar-refractivity contribution in [2.75, 3.05) is 20.2 Å². The van der Waals surface area contributed by atoms with Crippen molar-refractivity contribution < 1.29 is 19.1 Å². The highest BCUT2D eigenvalue weighted by molar-refractivity contribution is 5.80. The molecule has 1 unspecified atom stereocenters. The quantitative estimate of drug-likeness (QED) is 0.876. The van der Waals surface area contributed by atoms with Crippen molar-refractivity contribution in [3.63, 3.8) is 0 Å². The maximum absolute atomic E-state index is 12.6. The molecule has 1 saturated heterocycles. The van der Waals surface area contributed by atoms with E-state index in [4.69, 9.17) is 9.47 Å². The van der Waals surface area contributed by atoms with Gasteiger partial charge in [-0.1, -0.05) is 18.7 Å². The number of hydrogen-bond donors (Lipinski definition) is 1. The van der Waals surface area contributed by atoms with Crippen molar-refractivity contribution >= 4 is 18.1 Å². The first-order chi connectivity index (χ1) is 12.2. The number of amides is 2. The second-order valence-electron chi connectivity index (χ2n) is 7.42. The van der Waals surface area contributed by atoms with E-state index in [9.17, 15) is 9.59 Å². The Balaban J connectivity index is 1.94. The van der Waals surface area contributed by atoms with E-state index in [1.165, 1.54) is 0 Å². The largest absolute Gasteiger partial charge is 0.496 e. The minimum atomic E-state index is -0.537. The van der Waals surface area contributed by atoms with Crippen LogP contribution in [0.2, 0.25) is 0 Å². The van der Waals surface area contributed by atoms with Crippen molar-refractivity contribution in [2.24, 2.45) is 0 Å². The molecule has 1 atom stereocenters. The average Bonchev–Trinajstić information content (AvgIpc) is 3.01. The fourth-order valence-corrected chi connectivity index (χ4v) is 2.92. The lowest BCUT2D eigenvalue weighted by molar-refractivity contribution is -0.129. The fourth-order valence-electron chi connectivity index (χ4n) is 2.92. The standard InChI is InChI=1S/C20H28N2O4/c1-6-14-7-8-17(25-5)15(11-14)12-18(23)22-10-9-16(13-22)21-19(24)26-20(2,3)4/h6-8,11,16H,1,9-10,12-13H2,2-5H3,(H,21,24). The Morgan fingerprint density at radius 3 is 2.73 bits per heavy atom. The molecule has 2 rings (SSSR count). The molecule has 1 heterocycles. The van der Waals surface area contributed by atoms with Gasteiger partial charge in [0, 0.05) is 18.7 Å². The zero-order chi connectivity index (χ0) is 19.3. The van der Waals surface area contributed by atoms with E-state index in [0.717, 1.165) is 17.5 Å². The Kier molecular flexibility index (Phi) is 6.29. The molecule has 2 amide bonds. The van der Waals surface area contributed by atoms with Gasteiger partial charge in [-0.3, -0.25) is 4.79 Å². The van der Waals surface area contributed by atoms with E-state index < -0.39 is 11.7 Å². The molecule has 0 aromatic heterocycles. The Hall–Kier alpha value is -2.50. The Morgan fingerprint density at radius 1 is 1.38 bits per heavy atom. The van der Waals surface area contributed by atoms with Gasteiger partial charge in [0.25, 0.3) is 0 Å². The monoisotopic (exact) mass is 360 g/mol. The highest BCUT2D eigenvalue weighted by atomic mass is 16.6. The van der Waals surface area contributed by atoms with Crippen LogP contribution in [0.1, 0.15) is 38.3 Å². The number of nitrogens with zero attached hydrogens (tertiary/aromatic N) is 1. The predicted molar refractivity (Wildman–Crippen MR) is 101 cm³/mol. The number of carbonyl (C=O) groups excluding carboxylic acids is 2. The van der Waals surface area contributed by atoms with Gasteiger partial charge in [-0.2, -0.15) is 0 Å². The molecule has 0 bridgehead atoms. The lowest BCUT2D eigenvalue weighted by Gasteiger charge is -2.22. The molecular formula is C20H28N2O4. The van der Waals surface area contributed by atoms with Gasteiger partial charge in [-0.15, -0.1) is 0 Å². The summed E-state index contributed by atoms with van der Waals surface area (Å²) in [5, 5.41) is 2.83. The number of benzene rings is 1. The van der Waals surface area contributed by atoms with Crippen molar-refractivity contribution in [3.8, 4) is 5.75 Å². The van der Waals surface area contributed by atoms with Gasteiger partial charge in [-0.05, 0) is 44.9 Å². The van der Waals surface area contributed by atoms with Crippen LogP contribution in [0.15, 0.2) is 24.8 Å². The third kappa shape index (κ3) is 5.51. The van der Waals surface area contributed by atoms with Crippen molar-refractivity contribution in [1.82, 2.24) is 10.2 Å². The molecule has 0 radical (unpaired) electrons. The molecule has 1 aromatic rings. The number of ether oxygens (including phenoxy) is 2. The van der Waals surface area contributed by atoms with Crippen LogP contribution in [0.5, 0.6) is 5.75 Å². The molecule has 1 aliphatic heterocycles. The summed E-state index contributed by atoms with van der Waals surface area (Å²) in [5.74, 6) is 0.699. The molecule has 1 fully saturated rings. The highest BCUT2D eigenvalue weighted by Gasteiger charge is 2.29. The van der Waals surface area contributed by atoms with E-state index in [2.05, 4.69) is 11.9 Å². The normalized spacial score (nSPS) is 16.9. The van der Waals surface area contributed by atoms with Crippen LogP contribution in [-0.2, 0) is 16.0 Å². The zero-order valence-corrected chi connectivity index (χ0v) is 16.0. The number of nitrogens with one attached hydrogen (secondary N) is 1. The summed E-state index contributed by atoms with van der Waals surface area (Å²) in [6.07, 6.45) is 2.26. The average molecular weight is 360 g/mol. The maximum Gasteiger partial charge on any atom is 0.407 e. The van der Waals surface area contributed by atoms with Gasteiger partial charge in [0.2, 0.25) is 5.91 Å². The van der Waals surface area contributed by atoms with Crippen LogP contribution < -0.4 is 10.1 Å². The van der Waals surface area contributed by atoms with Gasteiger partial charge < -0.3 is 19.7 Å². The number of methoxy groups -OCH3 is 1. The minimum Gasteiger partial charge on any atom is -0.496 e. The third-order valence-corrected chi connectivity index (χ3v) is 4.14. The van der Waals surface area contributed by atoms with Gasteiger partial charge >= 0.3 is 6.09 Å². The molecule has 142 valence electrons. The number of hydrogen-bond acceptors (Lipinski definition) is 4. The first-order valence-corrected chi connectivity index (χ1v) is 8.78. The molecule has 26 heavy (non-hydrogen) atoms. The topological polar surface area (TPSA) is 67.9 Å². The molecule has 0 spiro atoms. The Bertz CT molecular complexity index is 679. The second-order valence-corrected chi connectivity index (χ2v) is 7.42. The van der Waals surface area contributed by atoms with E-state index in [1.807, 2.05) is 39.0 Å². The number of rotatable bonds is 5. The first kappa shape index (κ1) is 19.8. The molecule has 1 N–H and O–H groups in total. The van der Waals surface area contributed by atoms with Crippen LogP contribution >= 0.6 is 0 Å². The Labute approximate surface area is 155 Å². The van der Waals surface area contributed by atoms with Gasteiger partial charge in [0.15, 0.2) is 0 Å². The lowest BCUT2D eigenvalue weighted by atomic mass is 10.1. The summed E-state index contributed by atoms with van der Waals surface area (Å²) in [7, 11) is 1.59.